The number of rotatable bonds is 5. The van der Waals surface area contributed by atoms with Crippen LogP contribution in [0.1, 0.15) is 17.3 Å². The zero-order valence-corrected chi connectivity index (χ0v) is 11.2. The van der Waals surface area contributed by atoms with Crippen molar-refractivity contribution in [3.8, 4) is 11.8 Å². The summed E-state index contributed by atoms with van der Waals surface area (Å²) < 4.78 is 10.1. The van der Waals surface area contributed by atoms with E-state index in [0.29, 0.717) is 0 Å². The largest absolute Gasteiger partial charge is 0.480 e. The fourth-order valence-electron chi connectivity index (χ4n) is 1.25. The predicted molar refractivity (Wildman–Crippen MR) is 65.8 cm³/mol. The third-order valence-electron chi connectivity index (χ3n) is 2.51. The zero-order valence-electron chi connectivity index (χ0n) is 11.2. The number of aromatic nitrogens is 2. The van der Waals surface area contributed by atoms with E-state index in [1.165, 1.54) is 20.5 Å². The van der Waals surface area contributed by atoms with Crippen molar-refractivity contribution in [2.24, 2.45) is 0 Å². The van der Waals surface area contributed by atoms with Gasteiger partial charge in [-0.05, 0) is 21.0 Å². The number of hydrogen-bond acceptors (Lipinski definition) is 6. The van der Waals surface area contributed by atoms with Gasteiger partial charge in [-0.3, -0.25) is 9.69 Å². The summed E-state index contributed by atoms with van der Waals surface area (Å²) in [7, 11) is 6.60. The first kappa shape index (κ1) is 14.2. The van der Waals surface area contributed by atoms with Crippen LogP contribution in [0.15, 0.2) is 6.33 Å². The first-order chi connectivity index (χ1) is 8.51. The van der Waals surface area contributed by atoms with Crippen LogP contribution < -0.4 is 14.8 Å². The quantitative estimate of drug-likeness (QED) is 0.753. The van der Waals surface area contributed by atoms with Gasteiger partial charge in [0.25, 0.3) is 5.91 Å². The maximum Gasteiger partial charge on any atom is 0.263 e. The molecule has 0 aliphatic carbocycles. The highest BCUT2D eigenvalue weighted by Gasteiger charge is 2.22. The van der Waals surface area contributed by atoms with Gasteiger partial charge in [-0.25, -0.2) is 9.97 Å². The van der Waals surface area contributed by atoms with Crippen molar-refractivity contribution in [1.82, 2.24) is 20.2 Å². The van der Waals surface area contributed by atoms with Gasteiger partial charge in [-0.1, -0.05) is 0 Å². The Kier molecular flexibility index (Phi) is 4.85. The topological polar surface area (TPSA) is 76.6 Å². The number of amides is 1. The van der Waals surface area contributed by atoms with Gasteiger partial charge < -0.3 is 14.8 Å². The first-order valence-corrected chi connectivity index (χ1v) is 5.41. The Morgan fingerprint density at radius 1 is 1.28 bits per heavy atom. The second kappa shape index (κ2) is 6.15. The second-order valence-corrected chi connectivity index (χ2v) is 3.88. The summed E-state index contributed by atoms with van der Waals surface area (Å²) in [5.41, 5.74) is 0.191. The Bertz CT molecular complexity index is 400. The van der Waals surface area contributed by atoms with E-state index in [1.807, 2.05) is 25.9 Å². The summed E-state index contributed by atoms with van der Waals surface area (Å²) in [6, 6.07) is 0. The molecule has 100 valence electrons. The van der Waals surface area contributed by atoms with Gasteiger partial charge in [0.2, 0.25) is 11.8 Å². The minimum absolute atomic E-state index is 0.132. The molecule has 18 heavy (non-hydrogen) atoms. The minimum Gasteiger partial charge on any atom is -0.480 e. The van der Waals surface area contributed by atoms with Crippen LogP contribution in [0.25, 0.3) is 0 Å². The van der Waals surface area contributed by atoms with Gasteiger partial charge in [0, 0.05) is 0 Å². The number of hydrogen-bond donors (Lipinski definition) is 1. The summed E-state index contributed by atoms with van der Waals surface area (Å²) >= 11 is 0. The van der Waals surface area contributed by atoms with Crippen LogP contribution in [-0.4, -0.2) is 55.3 Å². The fourth-order valence-corrected chi connectivity index (χ4v) is 1.25. The molecule has 1 heterocycles. The molecule has 7 heteroatoms. The van der Waals surface area contributed by atoms with Crippen molar-refractivity contribution >= 4 is 5.91 Å². The van der Waals surface area contributed by atoms with Crippen molar-refractivity contribution in [3.05, 3.63) is 11.9 Å². The Labute approximate surface area is 106 Å². The number of nitrogens with one attached hydrogen (secondary N) is 1. The van der Waals surface area contributed by atoms with Crippen molar-refractivity contribution in [2.75, 3.05) is 28.3 Å². The molecule has 1 aromatic rings. The van der Waals surface area contributed by atoms with Crippen molar-refractivity contribution < 1.29 is 14.3 Å². The molecule has 0 spiro atoms. The summed E-state index contributed by atoms with van der Waals surface area (Å²) in [6.45, 7) is 1.86. The fraction of sp³-hybridized carbons (Fsp3) is 0.545. The molecule has 1 rings (SSSR count). The highest BCUT2D eigenvalue weighted by molar-refractivity contribution is 5.98. The van der Waals surface area contributed by atoms with Gasteiger partial charge >= 0.3 is 0 Å². The third-order valence-corrected chi connectivity index (χ3v) is 2.51. The predicted octanol–water partition coefficient (Wildman–Crippen LogP) is 0.131. The molecule has 0 bridgehead atoms. The highest BCUT2D eigenvalue weighted by atomic mass is 16.5. The molecule has 0 saturated heterocycles. The molecule has 1 unspecified atom stereocenters. The van der Waals surface area contributed by atoms with Crippen LogP contribution in [0.4, 0.5) is 0 Å². The number of ether oxygens (including phenoxy) is 2. The lowest BCUT2D eigenvalue weighted by atomic mass is 10.2. The van der Waals surface area contributed by atoms with Crippen molar-refractivity contribution in [2.45, 2.75) is 13.1 Å². The molecule has 1 N–H and O–H groups in total. The van der Waals surface area contributed by atoms with E-state index < -0.39 is 0 Å². The smallest absolute Gasteiger partial charge is 0.263 e. The van der Waals surface area contributed by atoms with Crippen LogP contribution in [0.3, 0.4) is 0 Å². The molecular weight excluding hydrogens is 236 g/mol. The number of carbonyl (C=O) groups is 1. The number of nitrogens with zero attached hydrogens (tertiary/aromatic N) is 3. The van der Waals surface area contributed by atoms with Gasteiger partial charge in [-0.15, -0.1) is 0 Å². The molecule has 1 aromatic heterocycles. The molecule has 7 nitrogen and oxygen atoms in total. The first-order valence-electron chi connectivity index (χ1n) is 5.41. The van der Waals surface area contributed by atoms with Crippen LogP contribution in [0, 0.1) is 0 Å². The van der Waals surface area contributed by atoms with Gasteiger partial charge in [0.15, 0.2) is 5.56 Å². The molecule has 1 amide bonds. The summed E-state index contributed by atoms with van der Waals surface area (Å²) in [4.78, 5) is 21.8. The molecule has 0 aliphatic rings. The zero-order chi connectivity index (χ0) is 13.7. The number of methoxy groups -OCH3 is 2. The van der Waals surface area contributed by atoms with Crippen molar-refractivity contribution in [3.63, 3.8) is 0 Å². The van der Waals surface area contributed by atoms with Crippen LogP contribution >= 0.6 is 0 Å². The normalized spacial score (nSPS) is 12.1. The Morgan fingerprint density at radius 2 is 1.78 bits per heavy atom. The molecule has 0 fully saturated rings. The lowest BCUT2D eigenvalue weighted by Gasteiger charge is -2.21. The maximum atomic E-state index is 12.1. The summed E-state index contributed by atoms with van der Waals surface area (Å²) in [6.07, 6.45) is 1.15. The van der Waals surface area contributed by atoms with Gasteiger partial charge in [0.1, 0.15) is 6.33 Å². The van der Waals surface area contributed by atoms with Crippen LogP contribution in [0.5, 0.6) is 11.8 Å². The van der Waals surface area contributed by atoms with E-state index in [1.54, 1.807) is 0 Å². The van der Waals surface area contributed by atoms with E-state index in [2.05, 4.69) is 15.3 Å². The Morgan fingerprint density at radius 3 is 2.17 bits per heavy atom. The lowest BCUT2D eigenvalue weighted by Crippen LogP contribution is -2.42. The standard InChI is InChI=1S/C11H18N4O3/c1-7(15(2)3)14-9(16)8-10(17-4)12-6-13-11(8)18-5/h6-7H,1-5H3,(H,14,16). The van der Waals surface area contributed by atoms with Gasteiger partial charge in [0.05, 0.1) is 20.4 Å². The average Bonchev–Trinajstić information content (AvgIpc) is 2.37. The maximum absolute atomic E-state index is 12.1. The minimum atomic E-state index is -0.342. The monoisotopic (exact) mass is 254 g/mol. The molecule has 0 radical (unpaired) electrons. The molecule has 0 aliphatic heterocycles. The van der Waals surface area contributed by atoms with Gasteiger partial charge in [-0.2, -0.15) is 0 Å². The highest BCUT2D eigenvalue weighted by Crippen LogP contribution is 2.23. The van der Waals surface area contributed by atoms with Crippen LogP contribution in [0.2, 0.25) is 0 Å². The van der Waals surface area contributed by atoms with E-state index in [9.17, 15) is 4.79 Å². The van der Waals surface area contributed by atoms with E-state index in [-0.39, 0.29) is 29.4 Å². The second-order valence-electron chi connectivity index (χ2n) is 3.88. The number of carbonyl (C=O) groups excluding carboxylic acids is 1. The van der Waals surface area contributed by atoms with Crippen molar-refractivity contribution in [1.29, 1.82) is 0 Å². The Hall–Kier alpha value is -1.89. The molecule has 1 atom stereocenters. The summed E-state index contributed by atoms with van der Waals surface area (Å²) in [5, 5.41) is 2.79. The lowest BCUT2D eigenvalue weighted by molar-refractivity contribution is 0.0892. The average molecular weight is 254 g/mol. The van der Waals surface area contributed by atoms with Crippen LogP contribution in [-0.2, 0) is 0 Å². The summed E-state index contributed by atoms with van der Waals surface area (Å²) in [5.74, 6) is 0.0288. The molecule has 0 aromatic carbocycles. The third kappa shape index (κ3) is 3.07. The SMILES string of the molecule is COc1ncnc(OC)c1C(=O)NC(C)N(C)C. The molecular formula is C11H18N4O3. The van der Waals surface area contributed by atoms with E-state index in [4.69, 9.17) is 9.47 Å². The molecule has 0 saturated carbocycles. The van der Waals surface area contributed by atoms with E-state index in [0.717, 1.165) is 0 Å². The van der Waals surface area contributed by atoms with E-state index >= 15 is 0 Å². The Balaban J connectivity index is 3.03.